The molecule has 0 saturated heterocycles. The van der Waals surface area contributed by atoms with E-state index in [0.717, 1.165) is 22.6 Å². The van der Waals surface area contributed by atoms with Crippen molar-refractivity contribution in [2.24, 2.45) is 5.10 Å². The number of methoxy groups -OCH3 is 1. The molecule has 0 spiro atoms. The van der Waals surface area contributed by atoms with E-state index in [4.69, 9.17) is 4.74 Å². The third kappa shape index (κ3) is 3.98. The first-order valence-electron chi connectivity index (χ1n) is 9.14. The van der Waals surface area contributed by atoms with Crippen LogP contribution in [0.2, 0.25) is 0 Å². The predicted octanol–water partition coefficient (Wildman–Crippen LogP) is 4.48. The van der Waals surface area contributed by atoms with Gasteiger partial charge in [-0.05, 0) is 81.3 Å². The van der Waals surface area contributed by atoms with Crippen molar-refractivity contribution in [2.75, 3.05) is 7.11 Å². The molecule has 0 radical (unpaired) electrons. The molecule has 144 valence electrons. The van der Waals surface area contributed by atoms with Gasteiger partial charge in [0.15, 0.2) is 0 Å². The van der Waals surface area contributed by atoms with Gasteiger partial charge in [0, 0.05) is 28.2 Å². The second-order valence-corrected chi connectivity index (χ2v) is 6.86. The highest BCUT2D eigenvalue weighted by Gasteiger charge is 2.10. The fourth-order valence-corrected chi connectivity index (χ4v) is 3.15. The van der Waals surface area contributed by atoms with E-state index in [9.17, 15) is 4.79 Å². The molecule has 28 heavy (non-hydrogen) atoms. The number of ether oxygens (including phenoxy) is 1. The summed E-state index contributed by atoms with van der Waals surface area (Å²) in [5.74, 6) is 0.445. The highest BCUT2D eigenvalue weighted by molar-refractivity contribution is 5.95. The second kappa shape index (κ2) is 8.13. The van der Waals surface area contributed by atoms with Crippen LogP contribution < -0.4 is 10.2 Å². The summed E-state index contributed by atoms with van der Waals surface area (Å²) in [5.41, 5.74) is 9.91. The molecular weight excluding hydrogens is 350 g/mol. The Kier molecular flexibility index (Phi) is 5.64. The zero-order valence-corrected chi connectivity index (χ0v) is 16.9. The van der Waals surface area contributed by atoms with Crippen molar-refractivity contribution >= 4 is 12.1 Å². The molecule has 0 bridgehead atoms. The van der Waals surface area contributed by atoms with E-state index in [1.54, 1.807) is 37.6 Å². The highest BCUT2D eigenvalue weighted by atomic mass is 16.5. The molecule has 1 amide bonds. The SMILES string of the molecule is COc1ccc(C(=O)N/N=C/c2cc(C)n(-c3ccc(C)c(C)c3)c2C)cc1. The quantitative estimate of drug-likeness (QED) is 0.528. The van der Waals surface area contributed by atoms with Gasteiger partial charge in [-0.3, -0.25) is 4.79 Å². The molecule has 0 saturated carbocycles. The van der Waals surface area contributed by atoms with Gasteiger partial charge >= 0.3 is 0 Å². The van der Waals surface area contributed by atoms with Gasteiger partial charge < -0.3 is 9.30 Å². The zero-order valence-electron chi connectivity index (χ0n) is 16.9. The summed E-state index contributed by atoms with van der Waals surface area (Å²) in [4.78, 5) is 12.2. The van der Waals surface area contributed by atoms with Crippen LogP contribution in [0, 0.1) is 27.7 Å². The summed E-state index contributed by atoms with van der Waals surface area (Å²) in [6.07, 6.45) is 1.68. The molecule has 5 nitrogen and oxygen atoms in total. The number of carbonyl (C=O) groups excluding carboxylic acids is 1. The Morgan fingerprint density at radius 1 is 1.00 bits per heavy atom. The highest BCUT2D eigenvalue weighted by Crippen LogP contribution is 2.21. The number of amides is 1. The maximum absolute atomic E-state index is 12.2. The second-order valence-electron chi connectivity index (χ2n) is 6.86. The molecular formula is C23H25N3O2. The number of nitrogens with zero attached hydrogens (tertiary/aromatic N) is 2. The maximum atomic E-state index is 12.2. The molecule has 5 heteroatoms. The number of aromatic nitrogens is 1. The van der Waals surface area contributed by atoms with Crippen molar-refractivity contribution in [3.63, 3.8) is 0 Å². The van der Waals surface area contributed by atoms with E-state index in [1.165, 1.54) is 11.1 Å². The lowest BCUT2D eigenvalue weighted by Gasteiger charge is -2.11. The summed E-state index contributed by atoms with van der Waals surface area (Å²) in [7, 11) is 1.59. The molecule has 3 aromatic rings. The molecule has 1 N–H and O–H groups in total. The topological polar surface area (TPSA) is 55.6 Å². The summed E-state index contributed by atoms with van der Waals surface area (Å²) in [5, 5.41) is 4.13. The molecule has 0 aliphatic carbocycles. The van der Waals surface area contributed by atoms with Gasteiger partial charge in [-0.2, -0.15) is 5.10 Å². The van der Waals surface area contributed by atoms with Crippen LogP contribution in [0.15, 0.2) is 53.6 Å². The average Bonchev–Trinajstić information content (AvgIpc) is 2.97. The Morgan fingerprint density at radius 2 is 1.71 bits per heavy atom. The Balaban J connectivity index is 1.77. The lowest BCUT2D eigenvalue weighted by atomic mass is 10.1. The fourth-order valence-electron chi connectivity index (χ4n) is 3.15. The molecule has 0 fully saturated rings. The summed E-state index contributed by atoms with van der Waals surface area (Å²) < 4.78 is 7.29. The largest absolute Gasteiger partial charge is 0.497 e. The number of carbonyl (C=O) groups is 1. The van der Waals surface area contributed by atoms with E-state index in [2.05, 4.69) is 67.1 Å². The van der Waals surface area contributed by atoms with Crippen LogP contribution in [0.3, 0.4) is 0 Å². The van der Waals surface area contributed by atoms with Crippen LogP contribution in [0.5, 0.6) is 5.75 Å². The Labute approximate surface area is 165 Å². The number of aryl methyl sites for hydroxylation is 3. The number of hydrogen-bond acceptors (Lipinski definition) is 3. The molecule has 1 aromatic heterocycles. The fraction of sp³-hybridized carbons (Fsp3) is 0.217. The summed E-state index contributed by atoms with van der Waals surface area (Å²) in [6, 6.07) is 15.4. The minimum Gasteiger partial charge on any atom is -0.497 e. The summed E-state index contributed by atoms with van der Waals surface area (Å²) >= 11 is 0. The Morgan fingerprint density at radius 3 is 2.36 bits per heavy atom. The van der Waals surface area contributed by atoms with Crippen molar-refractivity contribution in [1.29, 1.82) is 0 Å². The molecule has 2 aromatic carbocycles. The predicted molar refractivity (Wildman–Crippen MR) is 113 cm³/mol. The number of hydrazone groups is 1. The van der Waals surface area contributed by atoms with Crippen molar-refractivity contribution in [2.45, 2.75) is 27.7 Å². The van der Waals surface area contributed by atoms with Crippen molar-refractivity contribution < 1.29 is 9.53 Å². The maximum Gasteiger partial charge on any atom is 0.271 e. The molecule has 0 atom stereocenters. The van der Waals surface area contributed by atoms with Crippen molar-refractivity contribution in [3.05, 3.63) is 82.2 Å². The standard InChI is InChI=1S/C23H25N3O2/c1-15-6-9-21(12-16(15)2)26-17(3)13-20(18(26)4)14-24-25-23(27)19-7-10-22(28-5)11-8-19/h6-14H,1-5H3,(H,25,27)/b24-14+. The third-order valence-electron chi connectivity index (χ3n) is 4.94. The van der Waals surface area contributed by atoms with E-state index in [-0.39, 0.29) is 5.91 Å². The number of rotatable bonds is 5. The van der Waals surface area contributed by atoms with Gasteiger partial charge in [-0.15, -0.1) is 0 Å². The molecule has 1 heterocycles. The minimum atomic E-state index is -0.262. The first kappa shape index (κ1) is 19.4. The minimum absolute atomic E-state index is 0.262. The van der Waals surface area contributed by atoms with Gasteiger partial charge in [0.2, 0.25) is 0 Å². The van der Waals surface area contributed by atoms with Crippen LogP contribution >= 0.6 is 0 Å². The van der Waals surface area contributed by atoms with Crippen LogP contribution in [-0.2, 0) is 0 Å². The first-order chi connectivity index (χ1) is 13.4. The van der Waals surface area contributed by atoms with Gasteiger partial charge in [0.1, 0.15) is 5.75 Å². The van der Waals surface area contributed by atoms with E-state index in [0.29, 0.717) is 11.3 Å². The van der Waals surface area contributed by atoms with Crippen LogP contribution in [0.4, 0.5) is 0 Å². The Bertz CT molecular complexity index is 1030. The van der Waals surface area contributed by atoms with Crippen LogP contribution in [-0.4, -0.2) is 23.8 Å². The Hall–Kier alpha value is -3.34. The van der Waals surface area contributed by atoms with E-state index >= 15 is 0 Å². The molecule has 3 rings (SSSR count). The van der Waals surface area contributed by atoms with Crippen LogP contribution in [0.25, 0.3) is 5.69 Å². The number of hydrogen-bond donors (Lipinski definition) is 1. The number of benzene rings is 2. The van der Waals surface area contributed by atoms with Crippen LogP contribution in [0.1, 0.15) is 38.4 Å². The monoisotopic (exact) mass is 375 g/mol. The average molecular weight is 375 g/mol. The molecule has 0 aliphatic heterocycles. The van der Waals surface area contributed by atoms with Gasteiger partial charge in [0.05, 0.1) is 13.3 Å². The molecule has 0 unspecified atom stereocenters. The zero-order chi connectivity index (χ0) is 20.3. The van der Waals surface area contributed by atoms with Crippen molar-refractivity contribution in [3.8, 4) is 11.4 Å². The van der Waals surface area contributed by atoms with Gasteiger partial charge in [0.25, 0.3) is 5.91 Å². The van der Waals surface area contributed by atoms with E-state index in [1.807, 2.05) is 0 Å². The molecule has 0 aliphatic rings. The van der Waals surface area contributed by atoms with E-state index < -0.39 is 0 Å². The number of nitrogens with one attached hydrogen (secondary N) is 1. The lowest BCUT2D eigenvalue weighted by molar-refractivity contribution is 0.0955. The normalized spacial score (nSPS) is 11.0. The third-order valence-corrected chi connectivity index (χ3v) is 4.94. The smallest absolute Gasteiger partial charge is 0.271 e. The van der Waals surface area contributed by atoms with Gasteiger partial charge in [-0.1, -0.05) is 6.07 Å². The first-order valence-corrected chi connectivity index (χ1v) is 9.14. The lowest BCUT2D eigenvalue weighted by Crippen LogP contribution is -2.17. The summed E-state index contributed by atoms with van der Waals surface area (Å²) in [6.45, 7) is 8.34. The van der Waals surface area contributed by atoms with Gasteiger partial charge in [-0.25, -0.2) is 5.43 Å². The van der Waals surface area contributed by atoms with Crippen molar-refractivity contribution in [1.82, 2.24) is 9.99 Å².